The van der Waals surface area contributed by atoms with Crippen LogP contribution in [0, 0.1) is 0 Å². The quantitative estimate of drug-likeness (QED) is 0.374. The highest BCUT2D eigenvalue weighted by atomic mass is 16.5. The van der Waals surface area contributed by atoms with Crippen molar-refractivity contribution in [2.75, 3.05) is 76.1 Å². The van der Waals surface area contributed by atoms with Crippen LogP contribution in [0.3, 0.4) is 0 Å². The highest BCUT2D eigenvalue weighted by Crippen LogP contribution is 2.22. The minimum Gasteiger partial charge on any atom is -0.476 e. The van der Waals surface area contributed by atoms with Gasteiger partial charge in [0.2, 0.25) is 5.88 Å². The summed E-state index contributed by atoms with van der Waals surface area (Å²) in [5.41, 5.74) is 5.04. The Bertz CT molecular complexity index is 1080. The van der Waals surface area contributed by atoms with Crippen LogP contribution in [-0.4, -0.2) is 91.8 Å². The summed E-state index contributed by atoms with van der Waals surface area (Å²) in [6.45, 7) is 11.8. The second-order valence-electron chi connectivity index (χ2n) is 7.94. The third-order valence-electron chi connectivity index (χ3n) is 5.76. The Morgan fingerprint density at radius 2 is 1.80 bits per heavy atom. The van der Waals surface area contributed by atoms with E-state index in [4.69, 9.17) is 19.2 Å². The number of anilines is 2. The Labute approximate surface area is 206 Å². The van der Waals surface area contributed by atoms with Gasteiger partial charge in [-0.2, -0.15) is 10.1 Å². The summed E-state index contributed by atoms with van der Waals surface area (Å²) in [6, 6.07) is 9.96. The van der Waals surface area contributed by atoms with E-state index in [0.29, 0.717) is 31.5 Å². The molecule has 2 aliphatic heterocycles. The normalized spacial score (nSPS) is 16.8. The number of ether oxygens (including phenoxy) is 3. The average molecular weight is 482 g/mol. The molecule has 0 atom stereocenters. The maximum absolute atomic E-state index is 6.01. The molecule has 10 heteroatoms. The van der Waals surface area contributed by atoms with Crippen molar-refractivity contribution in [3.63, 3.8) is 0 Å². The molecule has 0 amide bonds. The van der Waals surface area contributed by atoms with E-state index in [1.165, 1.54) is 0 Å². The molecule has 0 radical (unpaired) electrons. The maximum atomic E-state index is 6.01. The Hall–Kier alpha value is -3.21. The zero-order valence-corrected chi connectivity index (χ0v) is 20.6. The van der Waals surface area contributed by atoms with E-state index in [0.717, 1.165) is 68.3 Å². The van der Waals surface area contributed by atoms with E-state index in [1.54, 1.807) is 6.21 Å². The molecule has 3 aromatic rings. The fourth-order valence-corrected chi connectivity index (χ4v) is 3.94. The van der Waals surface area contributed by atoms with Gasteiger partial charge in [0, 0.05) is 55.9 Å². The number of aromatic nitrogens is 3. The molecule has 4 heterocycles. The Morgan fingerprint density at radius 1 is 1.06 bits per heavy atom. The summed E-state index contributed by atoms with van der Waals surface area (Å²) in [5.74, 6) is 1.87. The van der Waals surface area contributed by atoms with Gasteiger partial charge in [-0.15, -0.1) is 0 Å². The fourth-order valence-electron chi connectivity index (χ4n) is 3.94. The number of nitrogens with zero attached hydrogens (tertiary/aromatic N) is 5. The minimum absolute atomic E-state index is 0.493. The number of benzene rings is 1. The zero-order valence-electron chi connectivity index (χ0n) is 20.6. The lowest BCUT2D eigenvalue weighted by molar-refractivity contribution is 0.0320. The molecule has 2 N–H and O–H groups in total. The van der Waals surface area contributed by atoms with E-state index < -0.39 is 0 Å². The molecule has 188 valence electrons. The molecule has 0 aliphatic carbocycles. The van der Waals surface area contributed by atoms with E-state index >= 15 is 0 Å². The van der Waals surface area contributed by atoms with Crippen molar-refractivity contribution in [1.82, 2.24) is 19.9 Å². The standard InChI is InChI=1S/C23H29N7O3.C2H6/c1-2-4-19-18(3-1)20(16-24-19)28-25-17-21-26-22(30-8-12-32-13-9-30)15-23(27-21)33-14-7-29-5-10-31-11-6-29;1-2/h1-4,15-17,24,28H,5-14H2;1-2H3/b25-17+;. The van der Waals surface area contributed by atoms with Gasteiger partial charge in [-0.05, 0) is 6.07 Å². The largest absolute Gasteiger partial charge is 0.476 e. The lowest BCUT2D eigenvalue weighted by Gasteiger charge is -2.28. The Balaban J connectivity index is 0.00000141. The Kier molecular flexibility index (Phi) is 9.27. The number of morpholine rings is 2. The lowest BCUT2D eigenvalue weighted by atomic mass is 10.2. The minimum atomic E-state index is 0.493. The third-order valence-corrected chi connectivity index (χ3v) is 5.76. The van der Waals surface area contributed by atoms with Crippen LogP contribution < -0.4 is 15.1 Å². The monoisotopic (exact) mass is 481 g/mol. The zero-order chi connectivity index (χ0) is 24.3. The smallest absolute Gasteiger partial charge is 0.219 e. The number of aromatic amines is 1. The number of hydrogen-bond acceptors (Lipinski definition) is 9. The molecule has 2 aromatic heterocycles. The number of hydrogen-bond donors (Lipinski definition) is 2. The first kappa shape index (κ1) is 24.9. The van der Waals surface area contributed by atoms with Crippen molar-refractivity contribution < 1.29 is 14.2 Å². The van der Waals surface area contributed by atoms with Crippen LogP contribution in [0.5, 0.6) is 5.88 Å². The van der Waals surface area contributed by atoms with Crippen LogP contribution in [0.25, 0.3) is 10.9 Å². The third kappa shape index (κ3) is 6.91. The summed E-state index contributed by atoms with van der Waals surface area (Å²) in [4.78, 5) is 17.0. The SMILES string of the molecule is C(=N\Nc1c[nH]c2ccccc12)/c1nc(OCCN2CCOCC2)cc(N2CCOCC2)n1.CC. The average Bonchev–Trinajstić information content (AvgIpc) is 3.34. The molecule has 0 spiro atoms. The van der Waals surface area contributed by atoms with E-state index in [2.05, 4.69) is 30.3 Å². The second-order valence-corrected chi connectivity index (χ2v) is 7.94. The topological polar surface area (TPSA) is 100 Å². The van der Waals surface area contributed by atoms with E-state index in [1.807, 2.05) is 50.4 Å². The van der Waals surface area contributed by atoms with Gasteiger partial charge in [-0.1, -0.05) is 32.0 Å². The fraction of sp³-hybridized carbons (Fsp3) is 0.480. The predicted octanol–water partition coefficient (Wildman–Crippen LogP) is 2.98. The molecule has 35 heavy (non-hydrogen) atoms. The lowest BCUT2D eigenvalue weighted by Crippen LogP contribution is -2.38. The van der Waals surface area contributed by atoms with E-state index in [9.17, 15) is 0 Å². The summed E-state index contributed by atoms with van der Waals surface area (Å²) < 4.78 is 16.9. The van der Waals surface area contributed by atoms with Crippen LogP contribution in [0.2, 0.25) is 0 Å². The van der Waals surface area contributed by atoms with Gasteiger partial charge in [-0.3, -0.25) is 10.3 Å². The summed E-state index contributed by atoms with van der Waals surface area (Å²) in [6.07, 6.45) is 3.52. The molecule has 0 saturated carbocycles. The second kappa shape index (κ2) is 13.0. The van der Waals surface area contributed by atoms with Gasteiger partial charge in [0.15, 0.2) is 5.82 Å². The molecule has 2 aliphatic rings. The van der Waals surface area contributed by atoms with E-state index in [-0.39, 0.29) is 0 Å². The van der Waals surface area contributed by atoms with Crippen LogP contribution in [-0.2, 0) is 9.47 Å². The highest BCUT2D eigenvalue weighted by Gasteiger charge is 2.16. The van der Waals surface area contributed by atoms with Gasteiger partial charge in [0.1, 0.15) is 12.4 Å². The highest BCUT2D eigenvalue weighted by molar-refractivity contribution is 5.92. The van der Waals surface area contributed by atoms with Gasteiger partial charge in [0.25, 0.3) is 0 Å². The number of nitrogens with one attached hydrogen (secondary N) is 2. The van der Waals surface area contributed by atoms with Crippen molar-refractivity contribution in [2.24, 2.45) is 5.10 Å². The number of hydrazone groups is 1. The molecule has 0 unspecified atom stereocenters. The van der Waals surface area contributed by atoms with Crippen molar-refractivity contribution in [1.29, 1.82) is 0 Å². The van der Waals surface area contributed by atoms with Gasteiger partial charge in [-0.25, -0.2) is 4.98 Å². The maximum Gasteiger partial charge on any atom is 0.219 e. The summed E-state index contributed by atoms with van der Waals surface area (Å²) in [5, 5.41) is 5.45. The van der Waals surface area contributed by atoms with Crippen molar-refractivity contribution in [3.8, 4) is 5.88 Å². The number of H-pyrrole nitrogens is 1. The first-order valence-corrected chi connectivity index (χ1v) is 12.3. The molecule has 2 fully saturated rings. The van der Waals surface area contributed by atoms with Gasteiger partial charge in [0.05, 0.1) is 38.3 Å². The first-order chi connectivity index (χ1) is 17.3. The van der Waals surface area contributed by atoms with Gasteiger partial charge >= 0.3 is 0 Å². The number of rotatable bonds is 8. The molecular weight excluding hydrogens is 446 g/mol. The molecule has 2 saturated heterocycles. The summed E-state index contributed by atoms with van der Waals surface area (Å²) >= 11 is 0. The van der Waals surface area contributed by atoms with Crippen LogP contribution in [0.1, 0.15) is 19.7 Å². The van der Waals surface area contributed by atoms with Crippen molar-refractivity contribution in [3.05, 3.63) is 42.4 Å². The van der Waals surface area contributed by atoms with Gasteiger partial charge < -0.3 is 24.1 Å². The molecule has 10 nitrogen and oxygen atoms in total. The first-order valence-electron chi connectivity index (χ1n) is 12.3. The molecular formula is C25H35N7O3. The van der Waals surface area contributed by atoms with Crippen LogP contribution in [0.15, 0.2) is 41.6 Å². The predicted molar refractivity (Wildman–Crippen MR) is 139 cm³/mol. The number of para-hydroxylation sites is 1. The molecule has 0 bridgehead atoms. The van der Waals surface area contributed by atoms with Crippen molar-refractivity contribution in [2.45, 2.75) is 13.8 Å². The number of fused-ring (bicyclic) bond motifs is 1. The van der Waals surface area contributed by atoms with Crippen LogP contribution in [0.4, 0.5) is 11.5 Å². The van der Waals surface area contributed by atoms with Crippen molar-refractivity contribution >= 4 is 28.6 Å². The molecule has 1 aromatic carbocycles. The Morgan fingerprint density at radius 3 is 2.60 bits per heavy atom. The molecule has 5 rings (SSSR count). The van der Waals surface area contributed by atoms with Crippen LogP contribution >= 0.6 is 0 Å². The summed E-state index contributed by atoms with van der Waals surface area (Å²) in [7, 11) is 0.